The monoisotopic (exact) mass is 242 g/mol. The zero-order chi connectivity index (χ0) is 13.1. The molecule has 3 heteroatoms. The molecule has 0 rings (SSSR count). The molecule has 3 nitrogen and oxygen atoms in total. The minimum absolute atomic E-state index is 0.131. The lowest BCUT2D eigenvalue weighted by atomic mass is 10.1. The number of hydrogen-bond acceptors (Lipinski definition) is 2. The van der Waals surface area contributed by atoms with Gasteiger partial charge in [-0.3, -0.25) is 4.79 Å². The van der Waals surface area contributed by atoms with Crippen LogP contribution in [0.1, 0.15) is 58.8 Å². The third kappa shape index (κ3) is 9.16. The van der Waals surface area contributed by atoms with Gasteiger partial charge >= 0.3 is 0 Å². The summed E-state index contributed by atoms with van der Waals surface area (Å²) in [5.74, 6) is 0.131. The number of nitrogens with zero attached hydrogens (tertiary/aromatic N) is 1. The van der Waals surface area contributed by atoms with E-state index in [0.717, 1.165) is 6.54 Å². The molecule has 1 N–H and O–H groups in total. The van der Waals surface area contributed by atoms with Crippen LogP contribution in [-0.2, 0) is 4.79 Å². The third-order valence-corrected chi connectivity index (χ3v) is 3.45. The van der Waals surface area contributed by atoms with E-state index in [1.54, 1.807) is 7.05 Å². The molecule has 0 aromatic heterocycles. The summed E-state index contributed by atoms with van der Waals surface area (Å²) in [6.07, 6.45) is 8.54. The number of rotatable bonds is 10. The van der Waals surface area contributed by atoms with Gasteiger partial charge in [0.2, 0.25) is 5.91 Å². The van der Waals surface area contributed by atoms with Crippen LogP contribution < -0.4 is 5.32 Å². The minimum atomic E-state index is 0.131. The summed E-state index contributed by atoms with van der Waals surface area (Å²) in [6.45, 7) is 5.36. The minimum Gasteiger partial charge on any atom is -0.359 e. The number of amides is 1. The van der Waals surface area contributed by atoms with Crippen molar-refractivity contribution in [1.29, 1.82) is 0 Å². The van der Waals surface area contributed by atoms with Crippen molar-refractivity contribution in [1.82, 2.24) is 10.2 Å². The van der Waals surface area contributed by atoms with Gasteiger partial charge in [0, 0.05) is 26.1 Å². The van der Waals surface area contributed by atoms with Crippen molar-refractivity contribution in [2.75, 3.05) is 20.6 Å². The van der Waals surface area contributed by atoms with Gasteiger partial charge in [-0.1, -0.05) is 39.0 Å². The molecule has 0 radical (unpaired) electrons. The second-order valence-corrected chi connectivity index (χ2v) is 4.96. The van der Waals surface area contributed by atoms with Crippen LogP contribution in [0, 0.1) is 0 Å². The number of carbonyl (C=O) groups excluding carboxylic acids is 1. The molecule has 0 spiro atoms. The van der Waals surface area contributed by atoms with Crippen molar-refractivity contribution in [3.05, 3.63) is 0 Å². The molecule has 0 aromatic carbocycles. The first-order chi connectivity index (χ1) is 8.11. The third-order valence-electron chi connectivity index (χ3n) is 3.45. The smallest absolute Gasteiger partial charge is 0.221 e. The highest BCUT2D eigenvalue weighted by Gasteiger charge is 2.09. The molecule has 0 aromatic rings. The van der Waals surface area contributed by atoms with Crippen LogP contribution >= 0.6 is 0 Å². The van der Waals surface area contributed by atoms with Crippen LogP contribution in [0.4, 0.5) is 0 Å². The highest BCUT2D eigenvalue weighted by Crippen LogP contribution is 2.10. The Morgan fingerprint density at radius 1 is 1.24 bits per heavy atom. The second kappa shape index (κ2) is 10.6. The summed E-state index contributed by atoms with van der Waals surface area (Å²) in [4.78, 5) is 13.4. The van der Waals surface area contributed by atoms with Gasteiger partial charge in [-0.25, -0.2) is 0 Å². The number of nitrogens with one attached hydrogen (secondary N) is 1. The van der Waals surface area contributed by atoms with Crippen LogP contribution in [0.2, 0.25) is 0 Å². The summed E-state index contributed by atoms with van der Waals surface area (Å²) >= 11 is 0. The molecular weight excluding hydrogens is 212 g/mol. The van der Waals surface area contributed by atoms with Gasteiger partial charge in [-0.05, 0) is 20.4 Å². The molecule has 0 saturated heterocycles. The Labute approximate surface area is 107 Å². The first-order valence-electron chi connectivity index (χ1n) is 7.02. The molecule has 0 bridgehead atoms. The van der Waals surface area contributed by atoms with Crippen molar-refractivity contribution in [3.8, 4) is 0 Å². The zero-order valence-electron chi connectivity index (χ0n) is 12.1. The summed E-state index contributed by atoms with van der Waals surface area (Å²) < 4.78 is 0. The predicted molar refractivity (Wildman–Crippen MR) is 74.2 cm³/mol. The normalized spacial score (nSPS) is 12.8. The molecule has 1 amide bonds. The van der Waals surface area contributed by atoms with Crippen molar-refractivity contribution in [2.24, 2.45) is 0 Å². The molecule has 0 saturated carbocycles. The van der Waals surface area contributed by atoms with Crippen LogP contribution in [0.25, 0.3) is 0 Å². The molecule has 1 atom stereocenters. The fourth-order valence-corrected chi connectivity index (χ4v) is 1.89. The lowest BCUT2D eigenvalue weighted by molar-refractivity contribution is -0.120. The number of carbonyl (C=O) groups is 1. The Morgan fingerprint density at radius 2 is 1.88 bits per heavy atom. The fourth-order valence-electron chi connectivity index (χ4n) is 1.89. The molecule has 1 unspecified atom stereocenters. The van der Waals surface area contributed by atoms with Crippen molar-refractivity contribution in [3.63, 3.8) is 0 Å². The summed E-state index contributed by atoms with van der Waals surface area (Å²) in [5, 5.41) is 2.66. The first kappa shape index (κ1) is 16.4. The summed E-state index contributed by atoms with van der Waals surface area (Å²) in [7, 11) is 3.80. The lowest BCUT2D eigenvalue weighted by Crippen LogP contribution is -2.32. The van der Waals surface area contributed by atoms with Crippen molar-refractivity contribution >= 4 is 5.91 Å². The molecule has 102 valence electrons. The zero-order valence-corrected chi connectivity index (χ0v) is 12.1. The van der Waals surface area contributed by atoms with E-state index >= 15 is 0 Å². The quantitative estimate of drug-likeness (QED) is 0.597. The maximum Gasteiger partial charge on any atom is 0.221 e. The van der Waals surface area contributed by atoms with Gasteiger partial charge in [-0.2, -0.15) is 0 Å². The van der Waals surface area contributed by atoms with Crippen molar-refractivity contribution < 1.29 is 4.79 Å². The van der Waals surface area contributed by atoms with E-state index in [0.29, 0.717) is 12.5 Å². The standard InChI is InChI=1S/C14H30N2O/c1-5-6-7-8-9-10-13(2)16(4)12-11-14(17)15-3/h13H,5-12H2,1-4H3,(H,15,17). The first-order valence-corrected chi connectivity index (χ1v) is 7.02. The van der Waals surface area contributed by atoms with E-state index < -0.39 is 0 Å². The topological polar surface area (TPSA) is 32.3 Å². The largest absolute Gasteiger partial charge is 0.359 e. The molecule has 0 aliphatic heterocycles. The van der Waals surface area contributed by atoms with Gasteiger partial charge in [-0.15, -0.1) is 0 Å². The maximum absolute atomic E-state index is 11.1. The Kier molecular flexibility index (Phi) is 10.2. The van der Waals surface area contributed by atoms with Crippen LogP contribution in [0.5, 0.6) is 0 Å². The van der Waals surface area contributed by atoms with E-state index in [2.05, 4.69) is 31.1 Å². The molecule has 17 heavy (non-hydrogen) atoms. The van der Waals surface area contributed by atoms with Crippen LogP contribution in [0.15, 0.2) is 0 Å². The Morgan fingerprint density at radius 3 is 2.47 bits per heavy atom. The van der Waals surface area contributed by atoms with Gasteiger partial charge in [0.25, 0.3) is 0 Å². The van der Waals surface area contributed by atoms with E-state index in [4.69, 9.17) is 0 Å². The highest BCUT2D eigenvalue weighted by molar-refractivity contribution is 5.75. The fraction of sp³-hybridized carbons (Fsp3) is 0.929. The lowest BCUT2D eigenvalue weighted by Gasteiger charge is -2.24. The van der Waals surface area contributed by atoms with E-state index in [1.807, 2.05) is 0 Å². The molecule has 0 aliphatic rings. The maximum atomic E-state index is 11.1. The SMILES string of the molecule is CCCCCCCC(C)N(C)CCC(=O)NC. The number of hydrogen-bond donors (Lipinski definition) is 1. The van der Waals surface area contributed by atoms with Gasteiger partial charge in [0.05, 0.1) is 0 Å². The van der Waals surface area contributed by atoms with E-state index in [1.165, 1.54) is 38.5 Å². The molecule has 0 fully saturated rings. The second-order valence-electron chi connectivity index (χ2n) is 4.96. The molecule has 0 heterocycles. The van der Waals surface area contributed by atoms with E-state index in [9.17, 15) is 4.79 Å². The van der Waals surface area contributed by atoms with Gasteiger partial charge in [0.15, 0.2) is 0 Å². The predicted octanol–water partition coefficient (Wildman–Crippen LogP) is 2.80. The summed E-state index contributed by atoms with van der Waals surface area (Å²) in [5.41, 5.74) is 0. The molecular formula is C14H30N2O. The Hall–Kier alpha value is -0.570. The average molecular weight is 242 g/mol. The highest BCUT2D eigenvalue weighted by atomic mass is 16.1. The average Bonchev–Trinajstić information content (AvgIpc) is 2.34. The number of unbranched alkanes of at least 4 members (excludes halogenated alkanes) is 4. The van der Waals surface area contributed by atoms with Crippen molar-refractivity contribution in [2.45, 2.75) is 64.8 Å². The van der Waals surface area contributed by atoms with E-state index in [-0.39, 0.29) is 5.91 Å². The van der Waals surface area contributed by atoms with Crippen LogP contribution in [-0.4, -0.2) is 37.5 Å². The summed E-state index contributed by atoms with van der Waals surface area (Å²) in [6, 6.07) is 0.585. The van der Waals surface area contributed by atoms with Gasteiger partial charge < -0.3 is 10.2 Å². The van der Waals surface area contributed by atoms with Gasteiger partial charge in [0.1, 0.15) is 0 Å². The van der Waals surface area contributed by atoms with Crippen LogP contribution in [0.3, 0.4) is 0 Å². The Balaban J connectivity index is 3.53. The molecule has 0 aliphatic carbocycles. The Bertz CT molecular complexity index is 195.